The molecule has 2 atom stereocenters. The summed E-state index contributed by atoms with van der Waals surface area (Å²) in [4.78, 5) is 22.5. The van der Waals surface area contributed by atoms with E-state index < -0.39 is 17.9 Å². The molecule has 0 saturated carbocycles. The highest BCUT2D eigenvalue weighted by Crippen LogP contribution is 2.10. The summed E-state index contributed by atoms with van der Waals surface area (Å²) in [5, 5.41) is 8.93. The number of esters is 1. The minimum Gasteiger partial charge on any atom is -0.481 e. The number of rotatable bonds is 7. The number of aliphatic carboxylic acids is 1. The van der Waals surface area contributed by atoms with Gasteiger partial charge >= 0.3 is 11.9 Å². The Balaban J connectivity index is 4.42. The van der Waals surface area contributed by atoms with Gasteiger partial charge in [-0.1, -0.05) is 31.2 Å². The predicted octanol–water partition coefficient (Wildman–Crippen LogP) is 2.55. The van der Waals surface area contributed by atoms with Gasteiger partial charge in [0.25, 0.3) is 0 Å². The van der Waals surface area contributed by atoms with E-state index in [-0.39, 0.29) is 12.5 Å². The Morgan fingerprint density at radius 3 is 2.47 bits per heavy atom. The van der Waals surface area contributed by atoms with E-state index >= 15 is 0 Å². The zero-order valence-electron chi connectivity index (χ0n) is 10.6. The van der Waals surface area contributed by atoms with Crippen molar-refractivity contribution in [1.82, 2.24) is 0 Å². The van der Waals surface area contributed by atoms with Crippen molar-refractivity contribution in [3.8, 4) is 0 Å². The molecule has 4 nitrogen and oxygen atoms in total. The lowest BCUT2D eigenvalue weighted by Crippen LogP contribution is -2.28. The lowest BCUT2D eigenvalue weighted by atomic mass is 10.1. The molecule has 1 N–H and O–H groups in total. The number of hydrogen-bond acceptors (Lipinski definition) is 3. The van der Waals surface area contributed by atoms with Crippen LogP contribution in [-0.4, -0.2) is 23.1 Å². The predicted molar refractivity (Wildman–Crippen MR) is 65.5 cm³/mol. The zero-order chi connectivity index (χ0) is 13.3. The summed E-state index contributed by atoms with van der Waals surface area (Å²) in [6.45, 7) is 5.47. The van der Waals surface area contributed by atoms with E-state index in [1.54, 1.807) is 25.2 Å². The van der Waals surface area contributed by atoms with E-state index in [0.717, 1.165) is 0 Å². The summed E-state index contributed by atoms with van der Waals surface area (Å²) in [6.07, 6.45) is 7.54. The van der Waals surface area contributed by atoms with Crippen molar-refractivity contribution in [1.29, 1.82) is 0 Å². The molecule has 96 valence electrons. The molecule has 0 amide bonds. The van der Waals surface area contributed by atoms with Crippen LogP contribution in [0.1, 0.15) is 33.6 Å². The van der Waals surface area contributed by atoms with Crippen molar-refractivity contribution >= 4 is 11.9 Å². The molecule has 0 radical (unpaired) electrons. The summed E-state index contributed by atoms with van der Waals surface area (Å²) in [5.41, 5.74) is 0. The molecule has 0 aliphatic heterocycles. The van der Waals surface area contributed by atoms with Crippen molar-refractivity contribution < 1.29 is 19.4 Å². The Bertz CT molecular complexity index is 305. The Morgan fingerprint density at radius 1 is 1.35 bits per heavy atom. The molecule has 0 aliphatic rings. The highest BCUT2D eigenvalue weighted by atomic mass is 16.5. The van der Waals surface area contributed by atoms with Crippen molar-refractivity contribution in [2.45, 2.75) is 39.7 Å². The van der Waals surface area contributed by atoms with E-state index in [1.165, 1.54) is 0 Å². The number of ether oxygens (including phenoxy) is 1. The third-order valence-corrected chi connectivity index (χ3v) is 2.29. The second-order valence-electron chi connectivity index (χ2n) is 3.74. The molecular weight excluding hydrogens is 220 g/mol. The first-order valence-corrected chi connectivity index (χ1v) is 5.74. The molecule has 0 rings (SSSR count). The summed E-state index contributed by atoms with van der Waals surface area (Å²) in [5.74, 6) is -2.94. The minimum absolute atomic E-state index is 0.148. The van der Waals surface area contributed by atoms with E-state index in [9.17, 15) is 9.59 Å². The molecule has 2 unspecified atom stereocenters. The highest BCUT2D eigenvalue weighted by molar-refractivity contribution is 5.94. The summed E-state index contributed by atoms with van der Waals surface area (Å²) in [7, 11) is 0. The smallest absolute Gasteiger partial charge is 0.320 e. The fourth-order valence-electron chi connectivity index (χ4n) is 1.07. The normalized spacial score (nSPS) is 15.0. The second kappa shape index (κ2) is 8.56. The SMILES string of the molecule is CC=CC=CCC(C(=O)O)C(=O)OC(C)CC. The first-order valence-electron chi connectivity index (χ1n) is 5.74. The Labute approximate surface area is 102 Å². The molecule has 4 heteroatoms. The number of carboxylic acid groups (broad SMARTS) is 1. The van der Waals surface area contributed by atoms with Crippen LogP contribution in [0, 0.1) is 5.92 Å². The van der Waals surface area contributed by atoms with Crippen molar-refractivity contribution in [3.05, 3.63) is 24.3 Å². The van der Waals surface area contributed by atoms with Crippen LogP contribution >= 0.6 is 0 Å². The highest BCUT2D eigenvalue weighted by Gasteiger charge is 2.27. The standard InChI is InChI=1S/C13H20O4/c1-4-6-7-8-9-11(12(14)15)13(16)17-10(3)5-2/h4,6-8,10-11H,5,9H2,1-3H3,(H,14,15). The number of carbonyl (C=O) groups excluding carboxylic acids is 1. The van der Waals surface area contributed by atoms with Crippen molar-refractivity contribution in [3.63, 3.8) is 0 Å². The summed E-state index contributed by atoms with van der Waals surface area (Å²) >= 11 is 0. The van der Waals surface area contributed by atoms with Gasteiger partial charge in [-0.15, -0.1) is 0 Å². The molecule has 0 aromatic rings. The maximum absolute atomic E-state index is 11.6. The first kappa shape index (κ1) is 15.4. The van der Waals surface area contributed by atoms with Crippen LogP contribution in [0.5, 0.6) is 0 Å². The quantitative estimate of drug-likeness (QED) is 0.422. The largest absolute Gasteiger partial charge is 0.481 e. The molecule has 17 heavy (non-hydrogen) atoms. The monoisotopic (exact) mass is 240 g/mol. The number of carboxylic acids is 1. The van der Waals surface area contributed by atoms with Gasteiger partial charge in [-0.2, -0.15) is 0 Å². The molecule has 0 aromatic heterocycles. The zero-order valence-corrected chi connectivity index (χ0v) is 10.6. The van der Waals surface area contributed by atoms with E-state index in [4.69, 9.17) is 9.84 Å². The average molecular weight is 240 g/mol. The van der Waals surface area contributed by atoms with Gasteiger partial charge in [-0.05, 0) is 26.7 Å². The lowest BCUT2D eigenvalue weighted by molar-refractivity contribution is -0.161. The van der Waals surface area contributed by atoms with E-state index in [2.05, 4.69) is 0 Å². The topological polar surface area (TPSA) is 63.6 Å². The third kappa shape index (κ3) is 6.56. The van der Waals surface area contributed by atoms with Crippen LogP contribution in [-0.2, 0) is 14.3 Å². The fraction of sp³-hybridized carbons (Fsp3) is 0.538. The van der Waals surface area contributed by atoms with Crippen molar-refractivity contribution in [2.75, 3.05) is 0 Å². The maximum Gasteiger partial charge on any atom is 0.320 e. The fourth-order valence-corrected chi connectivity index (χ4v) is 1.07. The van der Waals surface area contributed by atoms with Gasteiger partial charge < -0.3 is 9.84 Å². The van der Waals surface area contributed by atoms with Crippen LogP contribution in [0.15, 0.2) is 24.3 Å². The van der Waals surface area contributed by atoms with Gasteiger partial charge in [0, 0.05) is 0 Å². The molecule has 0 saturated heterocycles. The van der Waals surface area contributed by atoms with Crippen LogP contribution in [0.4, 0.5) is 0 Å². The van der Waals surface area contributed by atoms with Gasteiger partial charge in [-0.3, -0.25) is 9.59 Å². The van der Waals surface area contributed by atoms with Gasteiger partial charge in [0.05, 0.1) is 6.10 Å². The number of allylic oxidation sites excluding steroid dienone is 4. The number of carbonyl (C=O) groups is 2. The van der Waals surface area contributed by atoms with Gasteiger partial charge in [0.2, 0.25) is 0 Å². The van der Waals surface area contributed by atoms with Gasteiger partial charge in [0.15, 0.2) is 5.92 Å². The van der Waals surface area contributed by atoms with Gasteiger partial charge in [0.1, 0.15) is 0 Å². The third-order valence-electron chi connectivity index (χ3n) is 2.29. The van der Waals surface area contributed by atoms with Crippen LogP contribution in [0.2, 0.25) is 0 Å². The molecular formula is C13H20O4. The Hall–Kier alpha value is -1.58. The van der Waals surface area contributed by atoms with Crippen LogP contribution in [0.25, 0.3) is 0 Å². The van der Waals surface area contributed by atoms with Gasteiger partial charge in [-0.25, -0.2) is 0 Å². The minimum atomic E-state index is -1.15. The van der Waals surface area contributed by atoms with E-state index in [0.29, 0.717) is 6.42 Å². The van der Waals surface area contributed by atoms with E-state index in [1.807, 2.05) is 19.9 Å². The molecule has 0 spiro atoms. The molecule has 0 fully saturated rings. The second-order valence-corrected chi connectivity index (χ2v) is 3.74. The maximum atomic E-state index is 11.6. The summed E-state index contributed by atoms with van der Waals surface area (Å²) < 4.78 is 5.01. The first-order chi connectivity index (χ1) is 8.02. The average Bonchev–Trinajstić information content (AvgIpc) is 2.28. The Kier molecular flexibility index (Phi) is 7.76. The Morgan fingerprint density at radius 2 is 2.00 bits per heavy atom. The molecule has 0 bridgehead atoms. The molecule has 0 aliphatic carbocycles. The van der Waals surface area contributed by atoms with Crippen LogP contribution < -0.4 is 0 Å². The molecule has 0 aromatic carbocycles. The molecule has 0 heterocycles. The summed E-state index contributed by atoms with van der Waals surface area (Å²) in [6, 6.07) is 0. The lowest BCUT2D eigenvalue weighted by Gasteiger charge is -2.14. The number of hydrogen-bond donors (Lipinski definition) is 1. The van der Waals surface area contributed by atoms with Crippen molar-refractivity contribution in [2.24, 2.45) is 5.92 Å². The van der Waals surface area contributed by atoms with Crippen LogP contribution in [0.3, 0.4) is 0 Å².